The summed E-state index contributed by atoms with van der Waals surface area (Å²) in [5.41, 5.74) is 0.960. The average Bonchev–Trinajstić information content (AvgIpc) is 3.47. The molecule has 4 rings (SSSR count). The van der Waals surface area contributed by atoms with Crippen LogP contribution < -0.4 is 18.9 Å². The van der Waals surface area contributed by atoms with Gasteiger partial charge >= 0.3 is 0 Å². The number of H-pyrrole nitrogens is 1. The highest BCUT2D eigenvalue weighted by molar-refractivity contribution is 9.10. The molecular weight excluding hydrogens is 544 g/mol. The van der Waals surface area contributed by atoms with E-state index in [1.165, 1.54) is 37.6 Å². The highest BCUT2D eigenvalue weighted by atomic mass is 79.9. The number of hydrogen-bond donors (Lipinski definition) is 2. The van der Waals surface area contributed by atoms with E-state index in [2.05, 4.69) is 45.8 Å². The predicted molar refractivity (Wildman–Crippen MR) is 118 cm³/mol. The molecule has 0 aliphatic heterocycles. The Kier molecular flexibility index (Phi) is 6.52. The van der Waals surface area contributed by atoms with Crippen LogP contribution >= 0.6 is 15.9 Å². The summed E-state index contributed by atoms with van der Waals surface area (Å²) in [6.07, 6.45) is 1.50. The monoisotopic (exact) mass is 559 g/mol. The summed E-state index contributed by atoms with van der Waals surface area (Å²) in [5, 5.41) is 8.53. The van der Waals surface area contributed by atoms with Gasteiger partial charge in [0, 0.05) is 16.1 Å². The number of anilines is 1. The Hall–Kier alpha value is -3.53. The average molecular weight is 560 g/mol. The van der Waals surface area contributed by atoms with Gasteiger partial charge in [0.25, 0.3) is 28.2 Å². The first-order valence-electron chi connectivity index (χ1n) is 9.35. The highest BCUT2D eigenvalue weighted by Crippen LogP contribution is 2.37. The zero-order valence-electron chi connectivity index (χ0n) is 17.5. The third kappa shape index (κ3) is 4.45. The van der Waals surface area contributed by atoms with Gasteiger partial charge in [-0.15, -0.1) is 4.80 Å². The zero-order chi connectivity index (χ0) is 24.5. The van der Waals surface area contributed by atoms with Crippen LogP contribution in [0.1, 0.15) is 0 Å². The number of nitrogens with one attached hydrogen (secondary N) is 2. The van der Waals surface area contributed by atoms with Crippen LogP contribution in [0.2, 0.25) is 0 Å². The van der Waals surface area contributed by atoms with Gasteiger partial charge in [-0.2, -0.15) is 20.2 Å². The van der Waals surface area contributed by atoms with E-state index < -0.39 is 29.0 Å². The van der Waals surface area contributed by atoms with Gasteiger partial charge in [0.2, 0.25) is 11.7 Å². The number of fused-ring (bicyclic) bond motifs is 1. The Labute approximate surface area is 199 Å². The van der Waals surface area contributed by atoms with Gasteiger partial charge in [-0.25, -0.2) is 21.9 Å². The van der Waals surface area contributed by atoms with Crippen LogP contribution in [-0.2, 0) is 10.0 Å². The minimum atomic E-state index is -4.23. The molecule has 180 valence electrons. The molecule has 3 heterocycles. The molecule has 2 N–H and O–H groups in total. The largest absolute Gasteiger partial charge is 0.478 e. The van der Waals surface area contributed by atoms with Gasteiger partial charge in [-0.05, 0) is 22.0 Å². The van der Waals surface area contributed by atoms with Crippen LogP contribution in [-0.4, -0.2) is 65.6 Å². The lowest BCUT2D eigenvalue weighted by molar-refractivity contribution is 0.0781. The molecule has 0 saturated heterocycles. The number of sulfonamides is 1. The molecule has 0 fully saturated rings. The third-order valence-corrected chi connectivity index (χ3v) is 6.43. The van der Waals surface area contributed by atoms with Gasteiger partial charge in [-0.1, -0.05) is 6.07 Å². The van der Waals surface area contributed by atoms with E-state index in [-0.39, 0.29) is 22.4 Å². The molecular formula is C18H16BrF2N7O5S. The van der Waals surface area contributed by atoms with E-state index >= 15 is 0 Å². The van der Waals surface area contributed by atoms with Crippen LogP contribution in [0.25, 0.3) is 16.6 Å². The molecule has 3 aromatic heterocycles. The molecule has 0 saturated carbocycles. The van der Waals surface area contributed by atoms with Crippen molar-refractivity contribution < 1.29 is 31.4 Å². The zero-order valence-corrected chi connectivity index (χ0v) is 19.9. The second-order valence-electron chi connectivity index (χ2n) is 6.49. The number of aromatic amines is 1. The SMILES string of the molecule is COc1nc(NS(=O)(=O)c2c[nH]c3c(-n4nccn4)c(Br)ccc23)nc(OC)c1OCC(F)F. The van der Waals surface area contributed by atoms with Crippen molar-refractivity contribution in [3.8, 4) is 23.2 Å². The van der Waals surface area contributed by atoms with Gasteiger partial charge in [0.1, 0.15) is 17.2 Å². The van der Waals surface area contributed by atoms with Crippen LogP contribution in [0.5, 0.6) is 17.5 Å². The van der Waals surface area contributed by atoms with Crippen molar-refractivity contribution in [3.63, 3.8) is 0 Å². The van der Waals surface area contributed by atoms with Crippen molar-refractivity contribution in [1.82, 2.24) is 29.9 Å². The standard InChI is InChI=1S/C18H16BrF2N7O5S/c1-31-16-15(33-8-12(20)21)17(32-2)26-18(25-16)27-34(29,30)11-7-22-13-9(11)3-4-10(19)14(13)28-23-5-6-24-28/h3-7,12,22H,8H2,1-2H3,(H,25,26,27). The molecule has 34 heavy (non-hydrogen) atoms. The summed E-state index contributed by atoms with van der Waals surface area (Å²) in [4.78, 5) is 12.0. The van der Waals surface area contributed by atoms with Gasteiger partial charge in [0.15, 0.2) is 0 Å². The number of rotatable bonds is 9. The number of benzene rings is 1. The topological polar surface area (TPSA) is 146 Å². The van der Waals surface area contributed by atoms with E-state index in [1.807, 2.05) is 0 Å². The van der Waals surface area contributed by atoms with Crippen molar-refractivity contribution in [3.05, 3.63) is 35.2 Å². The first-order chi connectivity index (χ1) is 16.2. The van der Waals surface area contributed by atoms with Crippen molar-refractivity contribution in [1.29, 1.82) is 0 Å². The molecule has 0 unspecified atom stereocenters. The Morgan fingerprint density at radius 3 is 2.38 bits per heavy atom. The molecule has 12 nitrogen and oxygen atoms in total. The predicted octanol–water partition coefficient (Wildman–Crippen LogP) is 2.76. The number of ether oxygens (including phenoxy) is 3. The van der Waals surface area contributed by atoms with Crippen LogP contribution in [0.3, 0.4) is 0 Å². The lowest BCUT2D eigenvalue weighted by atomic mass is 10.2. The molecule has 0 aliphatic rings. The van der Waals surface area contributed by atoms with Gasteiger partial charge in [0.05, 0.1) is 32.1 Å². The molecule has 0 amide bonds. The molecule has 0 spiro atoms. The minimum absolute atomic E-state index is 0.108. The lowest BCUT2D eigenvalue weighted by Crippen LogP contribution is -2.16. The summed E-state index contributed by atoms with van der Waals surface area (Å²) in [6, 6.07) is 3.26. The van der Waals surface area contributed by atoms with Crippen molar-refractivity contribution >= 4 is 42.8 Å². The third-order valence-electron chi connectivity index (χ3n) is 4.42. The summed E-state index contributed by atoms with van der Waals surface area (Å²) < 4.78 is 69.4. The van der Waals surface area contributed by atoms with Gasteiger partial charge < -0.3 is 19.2 Å². The normalized spacial score (nSPS) is 11.7. The number of hydrogen-bond acceptors (Lipinski definition) is 9. The summed E-state index contributed by atoms with van der Waals surface area (Å²) >= 11 is 3.42. The van der Waals surface area contributed by atoms with E-state index in [9.17, 15) is 17.2 Å². The number of halogens is 3. The van der Waals surface area contributed by atoms with E-state index in [0.29, 0.717) is 21.1 Å². The second-order valence-corrected chi connectivity index (χ2v) is 9.00. The maximum absolute atomic E-state index is 13.2. The Morgan fingerprint density at radius 1 is 1.15 bits per heavy atom. The van der Waals surface area contributed by atoms with E-state index in [4.69, 9.17) is 14.2 Å². The molecule has 0 aliphatic carbocycles. The maximum Gasteiger partial charge on any atom is 0.272 e. The van der Waals surface area contributed by atoms with Crippen LogP contribution in [0.4, 0.5) is 14.7 Å². The van der Waals surface area contributed by atoms with Gasteiger partial charge in [-0.3, -0.25) is 0 Å². The molecule has 0 atom stereocenters. The number of methoxy groups -OCH3 is 2. The fourth-order valence-corrected chi connectivity index (χ4v) is 4.66. The van der Waals surface area contributed by atoms with Crippen molar-refractivity contribution in [2.75, 3.05) is 25.5 Å². The smallest absolute Gasteiger partial charge is 0.272 e. The Balaban J connectivity index is 1.73. The maximum atomic E-state index is 13.2. The first kappa shape index (κ1) is 23.6. The highest BCUT2D eigenvalue weighted by Gasteiger charge is 2.26. The van der Waals surface area contributed by atoms with Crippen LogP contribution in [0, 0.1) is 0 Å². The molecule has 0 bridgehead atoms. The van der Waals surface area contributed by atoms with Crippen LogP contribution in [0.15, 0.2) is 40.1 Å². The number of alkyl halides is 2. The lowest BCUT2D eigenvalue weighted by Gasteiger charge is -2.14. The molecule has 16 heteroatoms. The Bertz CT molecular complexity index is 1410. The van der Waals surface area contributed by atoms with Crippen molar-refractivity contribution in [2.24, 2.45) is 0 Å². The summed E-state index contributed by atoms with van der Waals surface area (Å²) in [6.45, 7) is -0.959. The first-order valence-corrected chi connectivity index (χ1v) is 11.6. The quantitative estimate of drug-likeness (QED) is 0.316. The fourth-order valence-electron chi connectivity index (χ4n) is 3.06. The summed E-state index contributed by atoms with van der Waals surface area (Å²) in [7, 11) is -1.82. The Morgan fingerprint density at radius 2 is 1.79 bits per heavy atom. The van der Waals surface area contributed by atoms with E-state index in [0.717, 1.165) is 0 Å². The number of aromatic nitrogens is 6. The van der Waals surface area contributed by atoms with Crippen molar-refractivity contribution in [2.45, 2.75) is 11.3 Å². The van der Waals surface area contributed by atoms with E-state index in [1.54, 1.807) is 12.1 Å². The molecule has 0 radical (unpaired) electrons. The second kappa shape index (κ2) is 9.38. The number of nitrogens with zero attached hydrogens (tertiary/aromatic N) is 5. The molecule has 4 aromatic rings. The molecule has 1 aromatic carbocycles. The fraction of sp³-hybridized carbons (Fsp3) is 0.222. The summed E-state index contributed by atoms with van der Waals surface area (Å²) in [5.74, 6) is -1.29. The minimum Gasteiger partial charge on any atom is -0.478 e.